The number of allylic oxidation sites excluding steroid dienone is 1. The molecule has 0 unspecified atom stereocenters. The van der Waals surface area contributed by atoms with Crippen molar-refractivity contribution < 1.29 is 9.21 Å². The average molecular weight is 151 g/mol. The number of Topliss-reactive ketones (excluding diaryl/α,β-unsaturated/α-hetero) is 1. The number of aromatic nitrogens is 1. The summed E-state index contributed by atoms with van der Waals surface area (Å²) in [5, 5.41) is 0. The van der Waals surface area contributed by atoms with Crippen molar-refractivity contribution in [2.75, 3.05) is 0 Å². The minimum absolute atomic E-state index is 0.00125. The number of carbonyl (C=O) groups is 1. The quantitative estimate of drug-likeness (QED) is 0.487. The minimum Gasteiger partial charge on any atom is -0.451 e. The number of hydrogen-bond donors (Lipinski definition) is 0. The Morgan fingerprint density at radius 3 is 3.18 bits per heavy atom. The first-order chi connectivity index (χ1) is 5.34. The molecule has 0 amide bonds. The summed E-state index contributed by atoms with van der Waals surface area (Å²) in [6.07, 6.45) is 5.45. The summed E-state index contributed by atoms with van der Waals surface area (Å²) >= 11 is 0. The first-order valence-corrected chi connectivity index (χ1v) is 3.37. The van der Waals surface area contributed by atoms with Crippen molar-refractivity contribution in [3.05, 3.63) is 31.0 Å². The van der Waals surface area contributed by atoms with Gasteiger partial charge in [0, 0.05) is 6.42 Å². The van der Waals surface area contributed by atoms with Crippen molar-refractivity contribution in [2.45, 2.75) is 12.8 Å². The molecule has 0 aliphatic heterocycles. The zero-order chi connectivity index (χ0) is 8.10. The number of hydrogen-bond acceptors (Lipinski definition) is 3. The van der Waals surface area contributed by atoms with Crippen molar-refractivity contribution in [1.82, 2.24) is 4.98 Å². The van der Waals surface area contributed by atoms with Gasteiger partial charge in [0.05, 0.1) is 0 Å². The van der Waals surface area contributed by atoms with Crippen molar-refractivity contribution in [2.24, 2.45) is 0 Å². The van der Waals surface area contributed by atoms with E-state index < -0.39 is 0 Å². The van der Waals surface area contributed by atoms with Gasteiger partial charge in [0.25, 0.3) is 0 Å². The van der Waals surface area contributed by atoms with E-state index in [1.165, 1.54) is 12.7 Å². The predicted molar refractivity (Wildman–Crippen MR) is 40.3 cm³/mol. The van der Waals surface area contributed by atoms with Crippen molar-refractivity contribution in [1.29, 1.82) is 0 Å². The Kier molecular flexibility index (Phi) is 2.60. The number of nitrogens with zero attached hydrogens (tertiary/aromatic N) is 1. The third-order valence-electron chi connectivity index (χ3n) is 1.29. The van der Waals surface area contributed by atoms with Crippen LogP contribution >= 0.6 is 0 Å². The molecule has 1 aromatic rings. The third-order valence-corrected chi connectivity index (χ3v) is 1.29. The highest BCUT2D eigenvalue weighted by molar-refractivity contribution is 5.93. The van der Waals surface area contributed by atoms with Gasteiger partial charge in [-0.25, -0.2) is 4.98 Å². The van der Waals surface area contributed by atoms with Crippen molar-refractivity contribution in [3.63, 3.8) is 0 Å². The lowest BCUT2D eigenvalue weighted by Gasteiger charge is -1.89. The Bertz CT molecular complexity index is 239. The fraction of sp³-hybridized carbons (Fsp3) is 0.250. The summed E-state index contributed by atoms with van der Waals surface area (Å²) in [6, 6.07) is 0. The second kappa shape index (κ2) is 3.71. The fourth-order valence-electron chi connectivity index (χ4n) is 0.711. The van der Waals surface area contributed by atoms with Crippen LogP contribution in [0.2, 0.25) is 0 Å². The molecule has 0 saturated heterocycles. The van der Waals surface area contributed by atoms with Gasteiger partial charge in [-0.05, 0) is 6.42 Å². The van der Waals surface area contributed by atoms with Crippen molar-refractivity contribution in [3.8, 4) is 0 Å². The van der Waals surface area contributed by atoms with E-state index in [2.05, 4.69) is 16.0 Å². The monoisotopic (exact) mass is 151 g/mol. The molecule has 1 rings (SSSR count). The molecule has 3 nitrogen and oxygen atoms in total. The summed E-state index contributed by atoms with van der Waals surface area (Å²) in [7, 11) is 0. The molecule has 0 atom stereocenters. The third kappa shape index (κ3) is 2.04. The molecular weight excluding hydrogens is 142 g/mol. The maximum Gasteiger partial charge on any atom is 0.184 e. The fourth-order valence-corrected chi connectivity index (χ4v) is 0.711. The van der Waals surface area contributed by atoms with E-state index in [9.17, 15) is 4.79 Å². The van der Waals surface area contributed by atoms with Gasteiger partial charge in [0.15, 0.2) is 12.2 Å². The average Bonchev–Trinajstić information content (AvgIpc) is 2.52. The smallest absolute Gasteiger partial charge is 0.184 e. The SMILES string of the molecule is C=CCCC(=O)c1cocn1. The highest BCUT2D eigenvalue weighted by Gasteiger charge is 2.06. The molecule has 1 aromatic heterocycles. The molecular formula is C8H9NO2. The molecule has 0 aliphatic rings. The molecule has 0 radical (unpaired) electrons. The summed E-state index contributed by atoms with van der Waals surface area (Å²) < 4.78 is 4.66. The molecule has 11 heavy (non-hydrogen) atoms. The molecule has 0 N–H and O–H groups in total. The number of oxazole rings is 1. The van der Waals surface area contributed by atoms with Crippen LogP contribution in [0.5, 0.6) is 0 Å². The van der Waals surface area contributed by atoms with Crippen LogP contribution in [0.25, 0.3) is 0 Å². The van der Waals surface area contributed by atoms with E-state index in [0.717, 1.165) is 0 Å². The zero-order valence-corrected chi connectivity index (χ0v) is 6.12. The van der Waals surface area contributed by atoms with Crippen LogP contribution in [0.1, 0.15) is 23.3 Å². The zero-order valence-electron chi connectivity index (χ0n) is 6.12. The highest BCUT2D eigenvalue weighted by Crippen LogP contribution is 2.01. The van der Waals surface area contributed by atoms with Crippen LogP contribution in [0.3, 0.4) is 0 Å². The molecule has 0 aliphatic carbocycles. The van der Waals surface area contributed by atoms with Gasteiger partial charge in [-0.3, -0.25) is 4.79 Å². The highest BCUT2D eigenvalue weighted by atomic mass is 16.3. The van der Waals surface area contributed by atoms with E-state index in [1.807, 2.05) is 0 Å². The molecule has 3 heteroatoms. The Morgan fingerprint density at radius 1 is 1.82 bits per heavy atom. The lowest BCUT2D eigenvalue weighted by molar-refractivity contribution is 0.0979. The van der Waals surface area contributed by atoms with Gasteiger partial charge < -0.3 is 4.42 Å². The summed E-state index contributed by atoms with van der Waals surface area (Å²) in [4.78, 5) is 14.8. The van der Waals surface area contributed by atoms with Gasteiger partial charge in [0.1, 0.15) is 12.0 Å². The summed E-state index contributed by atoms with van der Waals surface area (Å²) in [5.41, 5.74) is 0.395. The first kappa shape index (κ1) is 7.72. The van der Waals surface area contributed by atoms with Gasteiger partial charge in [0.2, 0.25) is 0 Å². The maximum atomic E-state index is 11.1. The van der Waals surface area contributed by atoms with Crippen LogP contribution in [0.15, 0.2) is 29.7 Å². The standard InChI is InChI=1S/C8H9NO2/c1-2-3-4-8(10)7-5-11-6-9-7/h2,5-6H,1,3-4H2. The van der Waals surface area contributed by atoms with Gasteiger partial charge in [-0.1, -0.05) is 6.08 Å². The topological polar surface area (TPSA) is 43.1 Å². The van der Waals surface area contributed by atoms with Gasteiger partial charge in [-0.2, -0.15) is 0 Å². The number of carbonyl (C=O) groups excluding carboxylic acids is 1. The molecule has 0 fully saturated rings. The van der Waals surface area contributed by atoms with E-state index in [4.69, 9.17) is 0 Å². The van der Waals surface area contributed by atoms with Gasteiger partial charge in [-0.15, -0.1) is 6.58 Å². The van der Waals surface area contributed by atoms with Crippen LogP contribution in [-0.2, 0) is 0 Å². The Morgan fingerprint density at radius 2 is 2.64 bits per heavy atom. The normalized spacial score (nSPS) is 9.45. The Labute approximate surface area is 64.7 Å². The van der Waals surface area contributed by atoms with E-state index in [0.29, 0.717) is 18.5 Å². The number of rotatable bonds is 4. The predicted octanol–water partition coefficient (Wildman–Crippen LogP) is 1.82. The number of ketones is 1. The minimum atomic E-state index is -0.00125. The van der Waals surface area contributed by atoms with Crippen LogP contribution in [-0.4, -0.2) is 10.8 Å². The first-order valence-electron chi connectivity index (χ1n) is 3.37. The molecule has 1 heterocycles. The lowest BCUT2D eigenvalue weighted by atomic mass is 10.2. The maximum absolute atomic E-state index is 11.1. The van der Waals surface area contributed by atoms with Crippen LogP contribution in [0, 0.1) is 0 Å². The van der Waals surface area contributed by atoms with Crippen molar-refractivity contribution >= 4 is 5.78 Å². The summed E-state index contributed by atoms with van der Waals surface area (Å²) in [6.45, 7) is 3.52. The van der Waals surface area contributed by atoms with E-state index >= 15 is 0 Å². The summed E-state index contributed by atoms with van der Waals surface area (Å²) in [5.74, 6) is -0.00125. The Balaban J connectivity index is 2.49. The molecule has 0 bridgehead atoms. The second-order valence-electron chi connectivity index (χ2n) is 2.12. The Hall–Kier alpha value is -1.38. The van der Waals surface area contributed by atoms with Crippen LogP contribution in [0.4, 0.5) is 0 Å². The second-order valence-corrected chi connectivity index (χ2v) is 2.12. The largest absolute Gasteiger partial charge is 0.451 e. The lowest BCUT2D eigenvalue weighted by Crippen LogP contribution is -1.97. The van der Waals surface area contributed by atoms with Crippen LogP contribution < -0.4 is 0 Å². The molecule has 0 saturated carbocycles. The molecule has 0 aromatic carbocycles. The van der Waals surface area contributed by atoms with E-state index in [1.54, 1.807) is 6.08 Å². The van der Waals surface area contributed by atoms with Gasteiger partial charge >= 0.3 is 0 Å². The molecule has 0 spiro atoms. The molecule has 58 valence electrons. The van der Waals surface area contributed by atoms with E-state index in [-0.39, 0.29) is 5.78 Å².